The maximum Gasteiger partial charge on any atom is 0.340 e. The lowest BCUT2D eigenvalue weighted by Gasteiger charge is -2.15. The van der Waals surface area contributed by atoms with E-state index in [9.17, 15) is 9.59 Å². The minimum atomic E-state index is -0.931. The van der Waals surface area contributed by atoms with Gasteiger partial charge in [0.25, 0.3) is 5.91 Å². The molecule has 0 aliphatic heterocycles. The van der Waals surface area contributed by atoms with E-state index in [4.69, 9.17) is 16.3 Å². The first-order valence-corrected chi connectivity index (χ1v) is 7.60. The predicted octanol–water partition coefficient (Wildman–Crippen LogP) is 4.14. The highest BCUT2D eigenvalue weighted by Crippen LogP contribution is 2.18. The van der Waals surface area contributed by atoms with E-state index >= 15 is 0 Å². The second kappa shape index (κ2) is 7.29. The van der Waals surface area contributed by atoms with E-state index in [2.05, 4.69) is 5.32 Å². The van der Waals surface area contributed by atoms with Gasteiger partial charge in [-0.2, -0.15) is 0 Å². The van der Waals surface area contributed by atoms with Gasteiger partial charge < -0.3 is 10.1 Å². The number of carbonyl (C=O) groups is 2. The third-order valence-corrected chi connectivity index (χ3v) is 3.72. The largest absolute Gasteiger partial charge is 0.449 e. The number of halogens is 1. The fraction of sp³-hybridized carbons (Fsp3) is 0.222. The van der Waals surface area contributed by atoms with E-state index in [1.54, 1.807) is 24.3 Å². The average Bonchev–Trinajstić information content (AvgIpc) is 2.50. The number of aryl methyl sites for hydroxylation is 2. The van der Waals surface area contributed by atoms with Crippen LogP contribution in [-0.4, -0.2) is 18.0 Å². The summed E-state index contributed by atoms with van der Waals surface area (Å²) in [6.45, 7) is 5.41. The van der Waals surface area contributed by atoms with Gasteiger partial charge in [-0.3, -0.25) is 4.79 Å². The molecule has 0 aliphatic carbocycles. The lowest BCUT2D eigenvalue weighted by Crippen LogP contribution is -2.30. The van der Waals surface area contributed by atoms with Gasteiger partial charge in [0.2, 0.25) is 0 Å². The van der Waals surface area contributed by atoms with Crippen molar-refractivity contribution in [3.8, 4) is 0 Å². The first kappa shape index (κ1) is 17.0. The molecule has 1 atom stereocenters. The number of hydrogen-bond acceptors (Lipinski definition) is 3. The summed E-state index contributed by atoms with van der Waals surface area (Å²) >= 11 is 5.95. The second-order valence-corrected chi connectivity index (χ2v) is 5.74. The molecule has 120 valence electrons. The van der Waals surface area contributed by atoms with Crippen molar-refractivity contribution in [3.05, 3.63) is 64.2 Å². The molecule has 23 heavy (non-hydrogen) atoms. The number of benzene rings is 2. The summed E-state index contributed by atoms with van der Waals surface area (Å²) in [5, 5.41) is 3.05. The zero-order chi connectivity index (χ0) is 17.0. The Labute approximate surface area is 140 Å². The van der Waals surface area contributed by atoms with Crippen molar-refractivity contribution < 1.29 is 14.3 Å². The number of esters is 1. The summed E-state index contributed by atoms with van der Waals surface area (Å²) in [5.41, 5.74) is 2.99. The lowest BCUT2D eigenvalue weighted by molar-refractivity contribution is -0.123. The predicted molar refractivity (Wildman–Crippen MR) is 90.9 cm³/mol. The molecule has 0 heterocycles. The van der Waals surface area contributed by atoms with Crippen molar-refractivity contribution in [1.82, 2.24) is 0 Å². The first-order valence-electron chi connectivity index (χ1n) is 7.22. The van der Waals surface area contributed by atoms with Gasteiger partial charge in [-0.05, 0) is 44.5 Å². The van der Waals surface area contributed by atoms with Crippen molar-refractivity contribution >= 4 is 29.2 Å². The van der Waals surface area contributed by atoms with Gasteiger partial charge >= 0.3 is 5.97 Å². The molecule has 0 saturated heterocycles. The van der Waals surface area contributed by atoms with Crippen molar-refractivity contribution in [2.75, 3.05) is 5.32 Å². The smallest absolute Gasteiger partial charge is 0.340 e. The summed E-state index contributed by atoms with van der Waals surface area (Å²) in [4.78, 5) is 24.2. The fourth-order valence-electron chi connectivity index (χ4n) is 2.09. The highest BCUT2D eigenvalue weighted by Gasteiger charge is 2.20. The molecule has 1 N–H and O–H groups in total. The van der Waals surface area contributed by atoms with Gasteiger partial charge in [0.05, 0.1) is 10.6 Å². The minimum Gasteiger partial charge on any atom is -0.449 e. The Bertz CT molecular complexity index is 743. The highest BCUT2D eigenvalue weighted by molar-refractivity contribution is 6.33. The molecular weight excluding hydrogens is 314 g/mol. The third kappa shape index (κ3) is 4.33. The van der Waals surface area contributed by atoms with E-state index < -0.39 is 18.0 Å². The maximum atomic E-state index is 12.2. The average molecular weight is 332 g/mol. The maximum absolute atomic E-state index is 12.2. The van der Waals surface area contributed by atoms with E-state index in [-0.39, 0.29) is 5.56 Å². The second-order valence-electron chi connectivity index (χ2n) is 5.34. The molecule has 0 bridgehead atoms. The van der Waals surface area contributed by atoms with Crippen LogP contribution in [-0.2, 0) is 9.53 Å². The van der Waals surface area contributed by atoms with Crippen LogP contribution in [0.3, 0.4) is 0 Å². The number of ether oxygens (including phenoxy) is 1. The standard InChI is InChI=1S/C18H18ClNO3/c1-11-8-9-16(12(2)10-11)20-17(21)13(3)23-18(22)14-6-4-5-7-15(14)19/h4-10,13H,1-3H3,(H,20,21). The minimum absolute atomic E-state index is 0.236. The van der Waals surface area contributed by atoms with Gasteiger partial charge in [0.15, 0.2) is 6.10 Å². The van der Waals surface area contributed by atoms with E-state index in [1.165, 1.54) is 6.92 Å². The fourth-order valence-corrected chi connectivity index (χ4v) is 2.31. The van der Waals surface area contributed by atoms with Crippen LogP contribution in [0.1, 0.15) is 28.4 Å². The van der Waals surface area contributed by atoms with Crippen LogP contribution >= 0.6 is 11.6 Å². The van der Waals surface area contributed by atoms with Gasteiger partial charge in [-0.25, -0.2) is 4.79 Å². The van der Waals surface area contributed by atoms with Crippen LogP contribution in [0.5, 0.6) is 0 Å². The number of rotatable bonds is 4. The number of carbonyl (C=O) groups excluding carboxylic acids is 2. The Morgan fingerprint density at radius 2 is 1.83 bits per heavy atom. The number of anilines is 1. The van der Waals surface area contributed by atoms with Crippen LogP contribution in [0.4, 0.5) is 5.69 Å². The third-order valence-electron chi connectivity index (χ3n) is 3.39. The lowest BCUT2D eigenvalue weighted by atomic mass is 10.1. The number of nitrogens with one attached hydrogen (secondary N) is 1. The summed E-state index contributed by atoms with van der Waals surface area (Å²) in [7, 11) is 0. The summed E-state index contributed by atoms with van der Waals surface area (Å²) in [6.07, 6.45) is -0.931. The van der Waals surface area contributed by atoms with E-state index in [1.807, 2.05) is 32.0 Å². The Balaban J connectivity index is 2.03. The zero-order valence-electron chi connectivity index (χ0n) is 13.2. The molecule has 0 spiro atoms. The Morgan fingerprint density at radius 3 is 2.48 bits per heavy atom. The zero-order valence-corrected chi connectivity index (χ0v) is 14.0. The van der Waals surface area contributed by atoms with Crippen molar-refractivity contribution in [3.63, 3.8) is 0 Å². The van der Waals surface area contributed by atoms with Crippen molar-refractivity contribution in [1.29, 1.82) is 0 Å². The topological polar surface area (TPSA) is 55.4 Å². The molecule has 0 radical (unpaired) electrons. The molecule has 4 nitrogen and oxygen atoms in total. The summed E-state index contributed by atoms with van der Waals surface area (Å²) in [6, 6.07) is 12.3. The van der Waals surface area contributed by atoms with Crippen LogP contribution in [0.15, 0.2) is 42.5 Å². The SMILES string of the molecule is Cc1ccc(NC(=O)C(C)OC(=O)c2ccccc2Cl)c(C)c1. The van der Waals surface area contributed by atoms with E-state index in [0.29, 0.717) is 10.7 Å². The summed E-state index contributed by atoms with van der Waals surface area (Å²) < 4.78 is 5.18. The molecule has 0 aromatic heterocycles. The van der Waals surface area contributed by atoms with Gasteiger partial charge in [0, 0.05) is 5.69 Å². The molecule has 0 aliphatic rings. The Morgan fingerprint density at radius 1 is 1.13 bits per heavy atom. The highest BCUT2D eigenvalue weighted by atomic mass is 35.5. The Hall–Kier alpha value is -2.33. The van der Waals surface area contributed by atoms with E-state index in [0.717, 1.165) is 11.1 Å². The monoisotopic (exact) mass is 331 g/mol. The molecule has 0 saturated carbocycles. The number of amides is 1. The van der Waals surface area contributed by atoms with Gasteiger partial charge in [-0.15, -0.1) is 0 Å². The molecule has 2 rings (SSSR count). The molecule has 1 amide bonds. The van der Waals surface area contributed by atoms with Gasteiger partial charge in [-0.1, -0.05) is 41.4 Å². The molecule has 0 fully saturated rings. The quantitative estimate of drug-likeness (QED) is 0.857. The molecule has 2 aromatic rings. The summed E-state index contributed by atoms with van der Waals surface area (Å²) in [5.74, 6) is -1.02. The molecular formula is C18H18ClNO3. The first-order chi connectivity index (χ1) is 10.9. The molecule has 2 aromatic carbocycles. The molecule has 1 unspecified atom stereocenters. The number of hydrogen-bond donors (Lipinski definition) is 1. The van der Waals surface area contributed by atoms with Gasteiger partial charge in [0.1, 0.15) is 0 Å². The van der Waals surface area contributed by atoms with Crippen LogP contribution in [0.25, 0.3) is 0 Å². The van der Waals surface area contributed by atoms with Crippen molar-refractivity contribution in [2.45, 2.75) is 26.9 Å². The van der Waals surface area contributed by atoms with Crippen LogP contribution < -0.4 is 5.32 Å². The Kier molecular flexibility index (Phi) is 5.40. The van der Waals surface area contributed by atoms with Crippen molar-refractivity contribution in [2.24, 2.45) is 0 Å². The normalized spacial score (nSPS) is 11.7. The van der Waals surface area contributed by atoms with Crippen LogP contribution in [0, 0.1) is 13.8 Å². The molecule has 5 heteroatoms. The van der Waals surface area contributed by atoms with Crippen LogP contribution in [0.2, 0.25) is 5.02 Å².